The Morgan fingerprint density at radius 1 is 1.28 bits per heavy atom. The fraction of sp³-hybridized carbons (Fsp3) is 0.846. The summed E-state index contributed by atoms with van der Waals surface area (Å²) in [4.78, 5) is 23.8. The molecule has 104 valence electrons. The molecule has 0 spiro atoms. The van der Waals surface area contributed by atoms with Crippen LogP contribution in [0.2, 0.25) is 0 Å². The predicted octanol–water partition coefficient (Wildman–Crippen LogP) is 1.93. The molecular formula is C13H24N2O3. The van der Waals surface area contributed by atoms with E-state index in [1.165, 1.54) is 11.3 Å². The van der Waals surface area contributed by atoms with Gasteiger partial charge in [0.05, 0.1) is 6.42 Å². The lowest BCUT2D eigenvalue weighted by Gasteiger charge is -2.36. The second-order valence-electron chi connectivity index (χ2n) is 5.43. The maximum atomic E-state index is 11.9. The first-order valence-electron chi connectivity index (χ1n) is 6.65. The lowest BCUT2D eigenvalue weighted by Crippen LogP contribution is -2.50. The van der Waals surface area contributed by atoms with E-state index in [4.69, 9.17) is 5.11 Å². The highest BCUT2D eigenvalue weighted by molar-refractivity contribution is 5.75. The zero-order valence-corrected chi connectivity index (χ0v) is 11.5. The zero-order valence-electron chi connectivity index (χ0n) is 11.5. The molecule has 0 heterocycles. The number of carboxylic acid groups (broad SMARTS) is 1. The highest BCUT2D eigenvalue weighted by atomic mass is 16.4. The monoisotopic (exact) mass is 256 g/mol. The minimum Gasteiger partial charge on any atom is -0.481 e. The molecule has 2 atom stereocenters. The van der Waals surface area contributed by atoms with E-state index >= 15 is 0 Å². The van der Waals surface area contributed by atoms with Crippen molar-refractivity contribution in [3.63, 3.8) is 0 Å². The van der Waals surface area contributed by atoms with Crippen LogP contribution in [0.15, 0.2) is 0 Å². The van der Waals surface area contributed by atoms with Gasteiger partial charge in [-0.05, 0) is 24.7 Å². The van der Waals surface area contributed by atoms with Gasteiger partial charge >= 0.3 is 12.0 Å². The van der Waals surface area contributed by atoms with Gasteiger partial charge in [0.25, 0.3) is 0 Å². The van der Waals surface area contributed by atoms with E-state index in [9.17, 15) is 9.59 Å². The van der Waals surface area contributed by atoms with E-state index in [1.54, 1.807) is 7.05 Å². The Bertz CT molecular complexity index is 297. The summed E-state index contributed by atoms with van der Waals surface area (Å²) < 4.78 is 0. The average molecular weight is 256 g/mol. The molecule has 1 fully saturated rings. The first kappa shape index (κ1) is 14.8. The molecule has 1 aliphatic carbocycles. The third-order valence-electron chi connectivity index (χ3n) is 3.84. The molecule has 2 N–H and O–H groups in total. The van der Waals surface area contributed by atoms with Gasteiger partial charge in [0, 0.05) is 19.6 Å². The van der Waals surface area contributed by atoms with Crippen LogP contribution in [0.1, 0.15) is 39.5 Å². The van der Waals surface area contributed by atoms with E-state index < -0.39 is 5.97 Å². The molecule has 0 aromatic heterocycles. The molecule has 0 aliphatic heterocycles. The second kappa shape index (κ2) is 6.61. The summed E-state index contributed by atoms with van der Waals surface area (Å²) in [6.07, 6.45) is 3.51. The van der Waals surface area contributed by atoms with E-state index in [0.717, 1.165) is 12.8 Å². The lowest BCUT2D eigenvalue weighted by atomic mass is 9.79. The van der Waals surface area contributed by atoms with Crippen LogP contribution in [0.5, 0.6) is 0 Å². The topological polar surface area (TPSA) is 69.6 Å². The Balaban J connectivity index is 2.44. The van der Waals surface area contributed by atoms with Crippen LogP contribution in [0, 0.1) is 11.8 Å². The van der Waals surface area contributed by atoms with Crippen molar-refractivity contribution < 1.29 is 14.7 Å². The van der Waals surface area contributed by atoms with Crippen LogP contribution >= 0.6 is 0 Å². The van der Waals surface area contributed by atoms with E-state index in [1.807, 2.05) is 0 Å². The van der Waals surface area contributed by atoms with Gasteiger partial charge in [-0.15, -0.1) is 0 Å². The molecule has 2 unspecified atom stereocenters. The van der Waals surface area contributed by atoms with Crippen molar-refractivity contribution in [1.29, 1.82) is 0 Å². The maximum Gasteiger partial charge on any atom is 0.317 e. The first-order valence-corrected chi connectivity index (χ1v) is 6.65. The van der Waals surface area contributed by atoms with Crippen molar-refractivity contribution in [3.8, 4) is 0 Å². The van der Waals surface area contributed by atoms with Crippen molar-refractivity contribution in [2.75, 3.05) is 13.6 Å². The van der Waals surface area contributed by atoms with Crippen LogP contribution in [0.25, 0.3) is 0 Å². The highest BCUT2D eigenvalue weighted by Crippen LogP contribution is 2.28. The molecule has 1 rings (SSSR count). The largest absolute Gasteiger partial charge is 0.481 e. The average Bonchev–Trinajstić information content (AvgIpc) is 2.30. The Labute approximate surface area is 109 Å². The highest BCUT2D eigenvalue weighted by Gasteiger charge is 2.29. The number of hydrogen-bond donors (Lipinski definition) is 2. The predicted molar refractivity (Wildman–Crippen MR) is 69.4 cm³/mol. The van der Waals surface area contributed by atoms with E-state index in [0.29, 0.717) is 11.8 Å². The lowest BCUT2D eigenvalue weighted by molar-refractivity contribution is -0.137. The Hall–Kier alpha value is -1.26. The van der Waals surface area contributed by atoms with Crippen molar-refractivity contribution in [3.05, 3.63) is 0 Å². The summed E-state index contributed by atoms with van der Waals surface area (Å²) in [5.41, 5.74) is 0. The standard InChI is InChI=1S/C13H24N2O3/c1-9-5-4-6-10(2)12(9)14-13(18)15(3)8-7-11(16)17/h9-10,12H,4-8H2,1-3H3,(H,14,18)(H,16,17). The number of carbonyl (C=O) groups is 2. The molecule has 0 radical (unpaired) electrons. The van der Waals surface area contributed by atoms with Gasteiger partial charge in [0.1, 0.15) is 0 Å². The summed E-state index contributed by atoms with van der Waals surface area (Å²) >= 11 is 0. The molecule has 2 amide bonds. The minimum atomic E-state index is -0.881. The van der Waals surface area contributed by atoms with Crippen LogP contribution in [0.4, 0.5) is 4.79 Å². The number of hydrogen-bond acceptors (Lipinski definition) is 2. The van der Waals surface area contributed by atoms with Crippen molar-refractivity contribution in [1.82, 2.24) is 10.2 Å². The summed E-state index contributed by atoms with van der Waals surface area (Å²) in [7, 11) is 1.64. The number of carbonyl (C=O) groups excluding carboxylic acids is 1. The molecule has 1 aliphatic rings. The molecule has 5 nitrogen and oxygen atoms in total. The van der Waals surface area contributed by atoms with Gasteiger partial charge in [0.2, 0.25) is 0 Å². The van der Waals surface area contributed by atoms with Crippen LogP contribution in [-0.4, -0.2) is 41.6 Å². The summed E-state index contributed by atoms with van der Waals surface area (Å²) in [6.45, 7) is 4.58. The van der Waals surface area contributed by atoms with Gasteiger partial charge in [-0.1, -0.05) is 20.3 Å². The van der Waals surface area contributed by atoms with Crippen LogP contribution < -0.4 is 5.32 Å². The van der Waals surface area contributed by atoms with Crippen LogP contribution in [0.3, 0.4) is 0 Å². The SMILES string of the molecule is CC1CCCC(C)C1NC(=O)N(C)CCC(=O)O. The van der Waals surface area contributed by atoms with Crippen LogP contribution in [-0.2, 0) is 4.79 Å². The summed E-state index contributed by atoms with van der Waals surface area (Å²) in [5.74, 6) is 0.102. The van der Waals surface area contributed by atoms with Crippen molar-refractivity contribution >= 4 is 12.0 Å². The number of aliphatic carboxylic acids is 1. The van der Waals surface area contributed by atoms with Crippen molar-refractivity contribution in [2.24, 2.45) is 11.8 Å². The van der Waals surface area contributed by atoms with Gasteiger partial charge < -0.3 is 15.3 Å². The molecule has 0 aromatic rings. The van der Waals surface area contributed by atoms with E-state index in [-0.39, 0.29) is 25.0 Å². The normalized spacial score (nSPS) is 27.6. The quantitative estimate of drug-likeness (QED) is 0.807. The van der Waals surface area contributed by atoms with Crippen molar-refractivity contribution in [2.45, 2.75) is 45.6 Å². The molecule has 0 aromatic carbocycles. The molecular weight excluding hydrogens is 232 g/mol. The fourth-order valence-corrected chi connectivity index (χ4v) is 2.58. The number of rotatable bonds is 4. The Morgan fingerprint density at radius 2 is 1.83 bits per heavy atom. The smallest absolute Gasteiger partial charge is 0.317 e. The molecule has 0 saturated heterocycles. The number of urea groups is 1. The van der Waals surface area contributed by atoms with Gasteiger partial charge in [0.15, 0.2) is 0 Å². The second-order valence-corrected chi connectivity index (χ2v) is 5.43. The number of nitrogens with one attached hydrogen (secondary N) is 1. The molecule has 5 heteroatoms. The Kier molecular flexibility index (Phi) is 5.44. The molecule has 1 saturated carbocycles. The number of nitrogens with zero attached hydrogens (tertiary/aromatic N) is 1. The zero-order chi connectivity index (χ0) is 13.7. The minimum absolute atomic E-state index is 0.0142. The van der Waals surface area contributed by atoms with E-state index in [2.05, 4.69) is 19.2 Å². The number of carboxylic acids is 1. The molecule has 18 heavy (non-hydrogen) atoms. The van der Waals surface area contributed by atoms with Gasteiger partial charge in [-0.2, -0.15) is 0 Å². The third-order valence-corrected chi connectivity index (χ3v) is 3.84. The Morgan fingerprint density at radius 3 is 2.33 bits per heavy atom. The molecule has 0 bridgehead atoms. The van der Waals surface area contributed by atoms with Gasteiger partial charge in [-0.25, -0.2) is 4.79 Å². The third kappa shape index (κ3) is 4.20. The maximum absolute atomic E-state index is 11.9. The first-order chi connectivity index (χ1) is 8.41. The summed E-state index contributed by atoms with van der Waals surface area (Å²) in [6, 6.07) is 0.0420. The number of amides is 2. The van der Waals surface area contributed by atoms with Gasteiger partial charge in [-0.3, -0.25) is 4.79 Å². The summed E-state index contributed by atoms with van der Waals surface area (Å²) in [5, 5.41) is 11.6. The fourth-order valence-electron chi connectivity index (χ4n) is 2.58.